The van der Waals surface area contributed by atoms with Crippen LogP contribution in [0.1, 0.15) is 50.5 Å². The SMILES string of the molecule is CC(C)(C)OC(=O)C(C)(C)Oc1ccc(/C=C/C(=O)c2ccc(Br)cc2)c(Cl)c1Cl. The number of ketones is 1. The predicted octanol–water partition coefficient (Wildman–Crippen LogP) is 7.15. The molecule has 0 unspecified atom stereocenters. The zero-order valence-electron chi connectivity index (χ0n) is 17.4. The highest BCUT2D eigenvalue weighted by Crippen LogP contribution is 2.37. The molecule has 0 bridgehead atoms. The van der Waals surface area contributed by atoms with Crippen molar-refractivity contribution in [1.29, 1.82) is 0 Å². The lowest BCUT2D eigenvalue weighted by molar-refractivity contribution is -0.170. The van der Waals surface area contributed by atoms with Gasteiger partial charge in [0.1, 0.15) is 16.4 Å². The summed E-state index contributed by atoms with van der Waals surface area (Å²) < 4.78 is 12.1. The van der Waals surface area contributed by atoms with Crippen LogP contribution in [0.25, 0.3) is 6.08 Å². The molecule has 0 atom stereocenters. The van der Waals surface area contributed by atoms with Crippen LogP contribution in [0, 0.1) is 0 Å². The summed E-state index contributed by atoms with van der Waals surface area (Å²) in [5.74, 6) is -0.443. The molecule has 0 heterocycles. The van der Waals surface area contributed by atoms with Gasteiger partial charge in [-0.2, -0.15) is 0 Å². The van der Waals surface area contributed by atoms with Crippen LogP contribution in [0.3, 0.4) is 0 Å². The smallest absolute Gasteiger partial charge is 0.350 e. The van der Waals surface area contributed by atoms with E-state index in [9.17, 15) is 9.59 Å². The van der Waals surface area contributed by atoms with E-state index in [0.29, 0.717) is 11.1 Å². The van der Waals surface area contributed by atoms with Crippen LogP contribution < -0.4 is 4.74 Å². The van der Waals surface area contributed by atoms with Gasteiger partial charge in [0.05, 0.1) is 5.02 Å². The lowest BCUT2D eigenvalue weighted by atomic mass is 10.1. The summed E-state index contributed by atoms with van der Waals surface area (Å²) in [5, 5.41) is 0.362. The Balaban J connectivity index is 2.19. The van der Waals surface area contributed by atoms with Gasteiger partial charge in [-0.05, 0) is 88.7 Å². The highest BCUT2D eigenvalue weighted by molar-refractivity contribution is 9.10. The van der Waals surface area contributed by atoms with Gasteiger partial charge in [-0.25, -0.2) is 4.79 Å². The van der Waals surface area contributed by atoms with Crippen molar-refractivity contribution in [2.24, 2.45) is 0 Å². The van der Waals surface area contributed by atoms with Crippen LogP contribution in [0.15, 0.2) is 46.9 Å². The third-order valence-corrected chi connectivity index (χ3v) is 5.28. The second-order valence-electron chi connectivity index (χ2n) is 8.10. The summed E-state index contributed by atoms with van der Waals surface area (Å²) in [4.78, 5) is 24.7. The van der Waals surface area contributed by atoms with E-state index in [4.69, 9.17) is 32.7 Å². The van der Waals surface area contributed by atoms with Gasteiger partial charge >= 0.3 is 5.97 Å². The lowest BCUT2D eigenvalue weighted by Crippen LogP contribution is -2.43. The van der Waals surface area contributed by atoms with E-state index >= 15 is 0 Å². The van der Waals surface area contributed by atoms with Crippen molar-refractivity contribution in [2.75, 3.05) is 0 Å². The number of benzene rings is 2. The third kappa shape index (κ3) is 6.59. The Bertz CT molecular complexity index is 974. The molecule has 0 radical (unpaired) electrons. The average Bonchev–Trinajstić information content (AvgIpc) is 2.63. The van der Waals surface area contributed by atoms with Gasteiger partial charge in [-0.1, -0.05) is 39.1 Å². The van der Waals surface area contributed by atoms with E-state index in [1.807, 2.05) is 0 Å². The van der Waals surface area contributed by atoms with E-state index in [-0.39, 0.29) is 21.6 Å². The number of halogens is 3. The van der Waals surface area contributed by atoms with Crippen molar-refractivity contribution in [3.63, 3.8) is 0 Å². The molecular weight excluding hydrogens is 491 g/mol. The maximum Gasteiger partial charge on any atom is 0.350 e. The first-order valence-corrected chi connectivity index (χ1v) is 10.7. The van der Waals surface area contributed by atoms with Crippen LogP contribution in [-0.4, -0.2) is 23.0 Å². The summed E-state index contributed by atoms with van der Waals surface area (Å²) in [7, 11) is 0. The fourth-order valence-corrected chi connectivity index (χ4v) is 3.04. The average molecular weight is 514 g/mol. The minimum atomic E-state index is -1.27. The zero-order valence-corrected chi connectivity index (χ0v) is 20.5. The monoisotopic (exact) mass is 512 g/mol. The molecule has 2 aromatic rings. The Labute approximate surface area is 195 Å². The molecule has 2 rings (SSSR count). The van der Waals surface area contributed by atoms with Crippen LogP contribution in [0.4, 0.5) is 0 Å². The van der Waals surface area contributed by atoms with Crippen LogP contribution >= 0.6 is 39.1 Å². The molecule has 7 heteroatoms. The normalized spacial score (nSPS) is 12.1. The van der Waals surface area contributed by atoms with Gasteiger partial charge in [0.15, 0.2) is 11.4 Å². The molecule has 4 nitrogen and oxygen atoms in total. The molecule has 0 aromatic heterocycles. The fourth-order valence-electron chi connectivity index (χ4n) is 2.35. The molecule has 0 amide bonds. The molecule has 0 fully saturated rings. The highest BCUT2D eigenvalue weighted by atomic mass is 79.9. The predicted molar refractivity (Wildman–Crippen MR) is 125 cm³/mol. The molecule has 0 aliphatic rings. The Morgan fingerprint density at radius 3 is 2.10 bits per heavy atom. The Morgan fingerprint density at radius 1 is 0.933 bits per heavy atom. The van der Waals surface area contributed by atoms with Crippen molar-refractivity contribution in [3.05, 3.63) is 68.1 Å². The standard InChI is InChI=1S/C23H23BrCl2O4/c1-22(2,3)30-21(28)23(4,5)29-18-13-9-15(19(25)20(18)26)8-12-17(27)14-6-10-16(24)11-7-14/h6-13H,1-5H3/b12-8+. The molecule has 30 heavy (non-hydrogen) atoms. The quantitative estimate of drug-likeness (QED) is 0.234. The van der Waals surface area contributed by atoms with Gasteiger partial charge in [0.25, 0.3) is 0 Å². The van der Waals surface area contributed by atoms with Gasteiger partial charge in [0, 0.05) is 10.0 Å². The number of ether oxygens (including phenoxy) is 2. The second-order valence-corrected chi connectivity index (χ2v) is 9.77. The summed E-state index contributed by atoms with van der Waals surface area (Å²) in [6, 6.07) is 10.3. The number of allylic oxidation sites excluding steroid dienone is 1. The Morgan fingerprint density at radius 2 is 1.53 bits per heavy atom. The highest BCUT2D eigenvalue weighted by Gasteiger charge is 2.35. The minimum absolute atomic E-state index is 0.145. The number of hydrogen-bond acceptors (Lipinski definition) is 4. The molecule has 0 saturated heterocycles. The van der Waals surface area contributed by atoms with E-state index in [0.717, 1.165) is 4.47 Å². The Hall–Kier alpha value is -1.82. The van der Waals surface area contributed by atoms with Crippen LogP contribution in [0.5, 0.6) is 5.75 Å². The summed E-state index contributed by atoms with van der Waals surface area (Å²) >= 11 is 16.1. The first-order chi connectivity index (χ1) is 13.8. The maximum absolute atomic E-state index is 12.4. The molecule has 0 saturated carbocycles. The molecule has 160 valence electrons. The third-order valence-electron chi connectivity index (χ3n) is 3.88. The van der Waals surface area contributed by atoms with Crippen LogP contribution in [-0.2, 0) is 9.53 Å². The number of rotatable bonds is 6. The van der Waals surface area contributed by atoms with E-state index in [1.165, 1.54) is 6.08 Å². The number of carbonyl (C=O) groups excluding carboxylic acids is 2. The van der Waals surface area contributed by atoms with Gasteiger partial charge < -0.3 is 9.47 Å². The van der Waals surface area contributed by atoms with Crippen molar-refractivity contribution < 1.29 is 19.1 Å². The first-order valence-electron chi connectivity index (χ1n) is 9.18. The Kier molecular flexibility index (Phi) is 7.78. The fraction of sp³-hybridized carbons (Fsp3) is 0.304. The number of carbonyl (C=O) groups is 2. The van der Waals surface area contributed by atoms with E-state index in [2.05, 4.69) is 15.9 Å². The largest absolute Gasteiger partial charge is 0.475 e. The van der Waals surface area contributed by atoms with Crippen LogP contribution in [0.2, 0.25) is 10.0 Å². The molecule has 0 aliphatic carbocycles. The number of hydrogen-bond donors (Lipinski definition) is 0. The second kappa shape index (κ2) is 9.54. The summed E-state index contributed by atoms with van der Waals surface area (Å²) in [6.45, 7) is 8.52. The zero-order chi connectivity index (χ0) is 22.7. The van der Waals surface area contributed by atoms with E-state index in [1.54, 1.807) is 77.1 Å². The summed E-state index contributed by atoms with van der Waals surface area (Å²) in [6.07, 6.45) is 3.01. The van der Waals surface area contributed by atoms with Gasteiger partial charge in [0.2, 0.25) is 0 Å². The number of esters is 1. The van der Waals surface area contributed by atoms with E-state index < -0.39 is 17.2 Å². The topological polar surface area (TPSA) is 52.6 Å². The van der Waals surface area contributed by atoms with Crippen molar-refractivity contribution >= 4 is 57.0 Å². The van der Waals surface area contributed by atoms with Crippen molar-refractivity contribution in [1.82, 2.24) is 0 Å². The minimum Gasteiger partial charge on any atom is -0.475 e. The van der Waals surface area contributed by atoms with Gasteiger partial charge in [-0.3, -0.25) is 4.79 Å². The molecule has 0 aliphatic heterocycles. The maximum atomic E-state index is 12.4. The van der Waals surface area contributed by atoms with Crippen molar-refractivity contribution in [2.45, 2.75) is 45.8 Å². The summed E-state index contributed by atoms with van der Waals surface area (Å²) in [5.41, 5.74) is -0.810. The molecule has 2 aromatic carbocycles. The molecule has 0 N–H and O–H groups in total. The molecule has 0 spiro atoms. The van der Waals surface area contributed by atoms with Gasteiger partial charge in [-0.15, -0.1) is 0 Å². The lowest BCUT2D eigenvalue weighted by Gasteiger charge is -2.29. The van der Waals surface area contributed by atoms with Crippen molar-refractivity contribution in [3.8, 4) is 5.75 Å². The first kappa shape index (κ1) is 24.4. The molecular formula is C23H23BrCl2O4.